The molecule has 3 saturated heterocycles. The molecule has 1 aromatic carbocycles. The molecule has 3 heterocycles. The molecule has 3 fully saturated rings. The first kappa shape index (κ1) is 18.0. The van der Waals surface area contributed by atoms with E-state index in [1.54, 1.807) is 0 Å². The fourth-order valence-corrected chi connectivity index (χ4v) is 4.83. The lowest BCUT2D eigenvalue weighted by Crippen LogP contribution is -2.34. The van der Waals surface area contributed by atoms with E-state index < -0.39 is 0 Å². The molecule has 142 valence electrons. The minimum atomic E-state index is 0.0628. The van der Waals surface area contributed by atoms with Gasteiger partial charge in [-0.25, -0.2) is 0 Å². The highest BCUT2D eigenvalue weighted by Gasteiger charge is 2.37. The number of carbonyl (C=O) groups is 1. The van der Waals surface area contributed by atoms with Crippen molar-refractivity contribution in [1.29, 1.82) is 0 Å². The molecule has 1 atom stereocenters. The normalized spacial score (nSPS) is 27.6. The van der Waals surface area contributed by atoms with E-state index in [2.05, 4.69) is 17.0 Å². The van der Waals surface area contributed by atoms with Crippen LogP contribution in [0.4, 0.5) is 0 Å². The molecule has 4 rings (SSSR count). The Kier molecular flexibility index (Phi) is 5.60. The molecule has 0 N–H and O–H groups in total. The van der Waals surface area contributed by atoms with Crippen molar-refractivity contribution in [2.45, 2.75) is 63.5 Å². The van der Waals surface area contributed by atoms with Crippen LogP contribution in [0.25, 0.3) is 0 Å². The molecule has 1 spiro atoms. The quantitative estimate of drug-likeness (QED) is 0.825. The summed E-state index contributed by atoms with van der Waals surface area (Å²) in [5.74, 6) is 0.185. The summed E-state index contributed by atoms with van der Waals surface area (Å²) in [6, 6.07) is 8.32. The van der Waals surface area contributed by atoms with Gasteiger partial charge in [-0.1, -0.05) is 18.6 Å². The zero-order chi connectivity index (χ0) is 17.8. The van der Waals surface area contributed by atoms with E-state index in [1.807, 2.05) is 17.0 Å². The molecule has 4 nitrogen and oxygen atoms in total. The highest BCUT2D eigenvalue weighted by molar-refractivity contribution is 5.94. The van der Waals surface area contributed by atoms with Crippen LogP contribution in [0, 0.1) is 0 Å². The van der Waals surface area contributed by atoms with Crippen LogP contribution in [0.15, 0.2) is 24.3 Å². The van der Waals surface area contributed by atoms with Gasteiger partial charge in [0.25, 0.3) is 5.91 Å². The maximum atomic E-state index is 12.9. The van der Waals surface area contributed by atoms with Crippen molar-refractivity contribution in [2.75, 3.05) is 32.8 Å². The molecular formula is C22H32N2O2. The van der Waals surface area contributed by atoms with Gasteiger partial charge >= 0.3 is 0 Å². The van der Waals surface area contributed by atoms with Gasteiger partial charge in [0.15, 0.2) is 0 Å². The number of amides is 1. The lowest BCUT2D eigenvalue weighted by molar-refractivity contribution is -0.00691. The number of ether oxygens (including phenoxy) is 1. The van der Waals surface area contributed by atoms with Gasteiger partial charge in [-0.3, -0.25) is 9.69 Å². The Balaban J connectivity index is 1.35. The fraction of sp³-hybridized carbons (Fsp3) is 0.682. The number of piperidine rings is 1. The number of rotatable bonds is 3. The van der Waals surface area contributed by atoms with Crippen molar-refractivity contribution in [3.63, 3.8) is 0 Å². The zero-order valence-corrected chi connectivity index (χ0v) is 15.9. The van der Waals surface area contributed by atoms with Crippen LogP contribution >= 0.6 is 0 Å². The summed E-state index contributed by atoms with van der Waals surface area (Å²) in [4.78, 5) is 17.5. The van der Waals surface area contributed by atoms with Crippen LogP contribution in [-0.4, -0.2) is 54.1 Å². The van der Waals surface area contributed by atoms with Gasteiger partial charge < -0.3 is 9.64 Å². The average Bonchev–Trinajstić information content (AvgIpc) is 3.03. The van der Waals surface area contributed by atoms with E-state index in [4.69, 9.17) is 4.74 Å². The molecular weight excluding hydrogens is 324 g/mol. The lowest BCUT2D eigenvalue weighted by Gasteiger charge is -2.27. The molecule has 0 aromatic heterocycles. The van der Waals surface area contributed by atoms with Crippen molar-refractivity contribution < 1.29 is 9.53 Å². The maximum Gasteiger partial charge on any atom is 0.253 e. The van der Waals surface area contributed by atoms with Gasteiger partial charge in [-0.15, -0.1) is 0 Å². The van der Waals surface area contributed by atoms with Crippen LogP contribution in [0.3, 0.4) is 0 Å². The summed E-state index contributed by atoms with van der Waals surface area (Å²) >= 11 is 0. The number of nitrogens with zero attached hydrogens (tertiary/aromatic N) is 2. The van der Waals surface area contributed by atoms with Crippen LogP contribution in [0.2, 0.25) is 0 Å². The summed E-state index contributed by atoms with van der Waals surface area (Å²) in [7, 11) is 0. The second-order valence-electron chi connectivity index (χ2n) is 8.31. The second kappa shape index (κ2) is 8.10. The minimum absolute atomic E-state index is 0.0628. The number of likely N-dealkylation sites (tertiary alicyclic amines) is 2. The molecule has 1 aromatic rings. The number of carbonyl (C=O) groups excluding carboxylic acids is 1. The predicted octanol–water partition coefficient (Wildman–Crippen LogP) is 3.85. The lowest BCUT2D eigenvalue weighted by atomic mass is 9.92. The Morgan fingerprint density at radius 1 is 0.885 bits per heavy atom. The summed E-state index contributed by atoms with van der Waals surface area (Å²) in [6.07, 6.45) is 9.49. The Labute approximate surface area is 157 Å². The van der Waals surface area contributed by atoms with Crippen molar-refractivity contribution in [3.05, 3.63) is 35.4 Å². The molecule has 0 radical (unpaired) electrons. The molecule has 0 aliphatic carbocycles. The third-order valence-corrected chi connectivity index (χ3v) is 6.43. The van der Waals surface area contributed by atoms with E-state index >= 15 is 0 Å². The van der Waals surface area contributed by atoms with Crippen molar-refractivity contribution in [1.82, 2.24) is 9.80 Å². The zero-order valence-electron chi connectivity index (χ0n) is 15.9. The first-order valence-corrected chi connectivity index (χ1v) is 10.5. The van der Waals surface area contributed by atoms with Gasteiger partial charge in [0, 0.05) is 31.8 Å². The highest BCUT2D eigenvalue weighted by Crippen LogP contribution is 2.35. The van der Waals surface area contributed by atoms with Crippen LogP contribution < -0.4 is 0 Å². The first-order valence-electron chi connectivity index (χ1n) is 10.5. The predicted molar refractivity (Wildman–Crippen MR) is 103 cm³/mol. The molecule has 0 saturated carbocycles. The Hall–Kier alpha value is -1.39. The molecule has 0 bridgehead atoms. The van der Waals surface area contributed by atoms with E-state index in [9.17, 15) is 4.79 Å². The molecule has 26 heavy (non-hydrogen) atoms. The third-order valence-electron chi connectivity index (χ3n) is 6.43. The van der Waals surface area contributed by atoms with E-state index in [-0.39, 0.29) is 11.5 Å². The van der Waals surface area contributed by atoms with Crippen molar-refractivity contribution in [2.24, 2.45) is 0 Å². The Bertz CT molecular complexity index is 601. The molecule has 4 heteroatoms. The van der Waals surface area contributed by atoms with Crippen LogP contribution in [0.1, 0.15) is 67.3 Å². The maximum absolute atomic E-state index is 12.9. The van der Waals surface area contributed by atoms with Gasteiger partial charge in [0.05, 0.1) is 5.60 Å². The smallest absolute Gasteiger partial charge is 0.253 e. The summed E-state index contributed by atoms with van der Waals surface area (Å²) in [6.45, 7) is 6.01. The highest BCUT2D eigenvalue weighted by atomic mass is 16.5. The number of hydrogen-bond donors (Lipinski definition) is 0. The largest absolute Gasteiger partial charge is 0.375 e. The van der Waals surface area contributed by atoms with Crippen molar-refractivity contribution >= 4 is 5.91 Å². The molecule has 1 amide bonds. The van der Waals surface area contributed by atoms with Crippen molar-refractivity contribution in [3.8, 4) is 0 Å². The van der Waals surface area contributed by atoms with Gasteiger partial charge in [-0.2, -0.15) is 0 Å². The van der Waals surface area contributed by atoms with Crippen LogP contribution in [-0.2, 0) is 11.3 Å². The number of hydrogen-bond acceptors (Lipinski definition) is 3. The summed E-state index contributed by atoms with van der Waals surface area (Å²) in [5.41, 5.74) is 2.21. The molecule has 3 aliphatic rings. The average molecular weight is 357 g/mol. The van der Waals surface area contributed by atoms with E-state index in [0.29, 0.717) is 0 Å². The third kappa shape index (κ3) is 4.12. The summed E-state index contributed by atoms with van der Waals surface area (Å²) < 4.78 is 6.04. The number of benzene rings is 1. The van der Waals surface area contributed by atoms with Gasteiger partial charge in [-0.05, 0) is 75.7 Å². The standard InChI is InChI=1S/C22H32N2O2/c25-21(24-15-4-10-22(12-16-24)11-5-17-26-22)20-8-6-19(7-9-20)18-23-13-2-1-3-14-23/h6-9H,1-5,10-18H2/t22-/m1/s1. The first-order chi connectivity index (χ1) is 12.7. The Morgan fingerprint density at radius 3 is 2.38 bits per heavy atom. The second-order valence-corrected chi connectivity index (χ2v) is 8.31. The van der Waals surface area contributed by atoms with Crippen LogP contribution in [0.5, 0.6) is 0 Å². The summed E-state index contributed by atoms with van der Waals surface area (Å²) in [5, 5.41) is 0. The topological polar surface area (TPSA) is 32.8 Å². The van der Waals surface area contributed by atoms with E-state index in [0.717, 1.165) is 51.1 Å². The monoisotopic (exact) mass is 356 g/mol. The van der Waals surface area contributed by atoms with Gasteiger partial charge in [0.1, 0.15) is 0 Å². The van der Waals surface area contributed by atoms with E-state index in [1.165, 1.54) is 50.8 Å². The SMILES string of the molecule is O=C(c1ccc(CN2CCCCC2)cc1)N1CCC[C@@]2(CCCO2)CC1. The molecule has 3 aliphatic heterocycles. The van der Waals surface area contributed by atoms with Gasteiger partial charge in [0.2, 0.25) is 0 Å². The molecule has 0 unspecified atom stereocenters. The minimum Gasteiger partial charge on any atom is -0.375 e. The Morgan fingerprint density at radius 2 is 1.65 bits per heavy atom. The fourth-order valence-electron chi connectivity index (χ4n) is 4.83.